The molecule has 148 valence electrons. The highest BCUT2D eigenvalue weighted by atomic mass is 19.1. The molecule has 0 N–H and O–H groups in total. The van der Waals surface area contributed by atoms with Crippen molar-refractivity contribution >= 4 is 11.7 Å². The van der Waals surface area contributed by atoms with Gasteiger partial charge in [-0.25, -0.2) is 13.9 Å². The summed E-state index contributed by atoms with van der Waals surface area (Å²) in [4.78, 5) is 23.2. The molecule has 4 rings (SSSR count). The summed E-state index contributed by atoms with van der Waals surface area (Å²) in [6.07, 6.45) is 1.51. The maximum absolute atomic E-state index is 13.4. The van der Waals surface area contributed by atoms with E-state index in [1.807, 2.05) is 30.3 Å². The quantitative estimate of drug-likeness (QED) is 0.207. The molecule has 0 fully saturated rings. The van der Waals surface area contributed by atoms with E-state index in [2.05, 4.69) is 5.10 Å². The Morgan fingerprint density at radius 3 is 2.40 bits per heavy atom. The van der Waals surface area contributed by atoms with Gasteiger partial charge in [0.05, 0.1) is 10.6 Å². The summed E-state index contributed by atoms with van der Waals surface area (Å²) >= 11 is 0. The minimum Gasteiger partial charge on any atom is -0.423 e. The molecule has 1 aromatic heterocycles. The molecular formula is C22H14FN3O4. The van der Waals surface area contributed by atoms with Gasteiger partial charge in [0.15, 0.2) is 0 Å². The van der Waals surface area contributed by atoms with E-state index in [-0.39, 0.29) is 22.7 Å². The van der Waals surface area contributed by atoms with Crippen LogP contribution >= 0.6 is 0 Å². The lowest BCUT2D eigenvalue weighted by Crippen LogP contribution is -2.09. The second kappa shape index (κ2) is 7.96. The van der Waals surface area contributed by atoms with E-state index < -0.39 is 16.7 Å². The van der Waals surface area contributed by atoms with Gasteiger partial charge in [-0.15, -0.1) is 0 Å². The number of rotatable bonds is 5. The van der Waals surface area contributed by atoms with Crippen molar-refractivity contribution < 1.29 is 18.8 Å². The normalized spacial score (nSPS) is 10.6. The van der Waals surface area contributed by atoms with Crippen LogP contribution in [0.25, 0.3) is 16.9 Å². The van der Waals surface area contributed by atoms with Gasteiger partial charge in [-0.2, -0.15) is 5.10 Å². The Hall–Kier alpha value is -4.33. The van der Waals surface area contributed by atoms with Crippen LogP contribution in [0.2, 0.25) is 0 Å². The van der Waals surface area contributed by atoms with Crippen molar-refractivity contribution in [2.45, 2.75) is 0 Å². The molecule has 0 amide bonds. The standard InChI is InChI=1S/C22H14FN3O4/c23-16-5-4-8-19(13-16)30-22(27)20-14-25(17-6-2-1-3-7-17)24-21(20)15-9-11-18(12-10-15)26(28)29/h1-14H. The zero-order valence-electron chi connectivity index (χ0n) is 15.4. The van der Waals surface area contributed by atoms with Crippen molar-refractivity contribution in [3.05, 3.63) is 107 Å². The second-order valence-electron chi connectivity index (χ2n) is 6.32. The molecule has 0 aliphatic carbocycles. The van der Waals surface area contributed by atoms with Crippen molar-refractivity contribution in [3.63, 3.8) is 0 Å². The van der Waals surface area contributed by atoms with E-state index in [1.165, 1.54) is 53.3 Å². The molecule has 0 saturated carbocycles. The summed E-state index contributed by atoms with van der Waals surface area (Å²) in [5.41, 5.74) is 1.56. The fourth-order valence-electron chi connectivity index (χ4n) is 2.88. The van der Waals surface area contributed by atoms with Gasteiger partial charge in [0, 0.05) is 30.0 Å². The Kier molecular flexibility index (Phi) is 5.04. The number of esters is 1. The highest BCUT2D eigenvalue weighted by Gasteiger charge is 2.21. The van der Waals surface area contributed by atoms with Gasteiger partial charge < -0.3 is 4.74 Å². The Labute approximate surface area is 170 Å². The molecule has 1 heterocycles. The van der Waals surface area contributed by atoms with E-state index in [0.717, 1.165) is 6.07 Å². The summed E-state index contributed by atoms with van der Waals surface area (Å²) in [5.74, 6) is -1.20. The molecule has 7 nitrogen and oxygen atoms in total. The molecule has 0 bridgehead atoms. The van der Waals surface area contributed by atoms with Crippen LogP contribution < -0.4 is 4.74 Å². The van der Waals surface area contributed by atoms with Crippen molar-refractivity contribution in [2.24, 2.45) is 0 Å². The predicted octanol–water partition coefficient (Wildman–Crippen LogP) is 4.81. The van der Waals surface area contributed by atoms with Crippen LogP contribution in [-0.4, -0.2) is 20.7 Å². The predicted molar refractivity (Wildman–Crippen MR) is 107 cm³/mol. The van der Waals surface area contributed by atoms with Crippen LogP contribution in [0.15, 0.2) is 85.1 Å². The number of carbonyl (C=O) groups is 1. The van der Waals surface area contributed by atoms with Gasteiger partial charge in [0.25, 0.3) is 5.69 Å². The minimum absolute atomic E-state index is 0.0575. The fraction of sp³-hybridized carbons (Fsp3) is 0. The lowest BCUT2D eigenvalue weighted by Gasteiger charge is -2.04. The first-order valence-electron chi connectivity index (χ1n) is 8.89. The third-order valence-corrected chi connectivity index (χ3v) is 4.31. The summed E-state index contributed by atoms with van der Waals surface area (Å²) in [7, 11) is 0. The molecule has 0 aliphatic heterocycles. The molecule has 4 aromatic rings. The van der Waals surface area contributed by atoms with Gasteiger partial charge >= 0.3 is 5.97 Å². The van der Waals surface area contributed by atoms with Crippen molar-refractivity contribution in [3.8, 4) is 22.7 Å². The van der Waals surface area contributed by atoms with Gasteiger partial charge in [0.2, 0.25) is 0 Å². The Bertz CT molecular complexity index is 1220. The van der Waals surface area contributed by atoms with E-state index in [1.54, 1.807) is 0 Å². The SMILES string of the molecule is O=C(Oc1cccc(F)c1)c1cn(-c2ccccc2)nc1-c1ccc([N+](=O)[O-])cc1. The lowest BCUT2D eigenvalue weighted by molar-refractivity contribution is -0.384. The maximum atomic E-state index is 13.4. The van der Waals surface area contributed by atoms with Crippen molar-refractivity contribution in [1.82, 2.24) is 9.78 Å². The van der Waals surface area contributed by atoms with E-state index in [9.17, 15) is 19.3 Å². The topological polar surface area (TPSA) is 87.3 Å². The number of hydrogen-bond donors (Lipinski definition) is 0. The number of nitro benzene ring substituents is 1. The maximum Gasteiger partial charge on any atom is 0.347 e. The molecular weight excluding hydrogens is 389 g/mol. The molecule has 0 spiro atoms. The average Bonchev–Trinajstić information content (AvgIpc) is 3.20. The highest BCUT2D eigenvalue weighted by Crippen LogP contribution is 2.27. The minimum atomic E-state index is -0.726. The largest absolute Gasteiger partial charge is 0.423 e. The van der Waals surface area contributed by atoms with Crippen LogP contribution in [0.4, 0.5) is 10.1 Å². The third-order valence-electron chi connectivity index (χ3n) is 4.31. The number of carbonyl (C=O) groups excluding carboxylic acids is 1. The molecule has 8 heteroatoms. The van der Waals surface area contributed by atoms with Gasteiger partial charge in [-0.1, -0.05) is 24.3 Å². The van der Waals surface area contributed by atoms with Gasteiger partial charge in [-0.05, 0) is 36.4 Å². The van der Waals surface area contributed by atoms with Crippen LogP contribution in [0.3, 0.4) is 0 Å². The van der Waals surface area contributed by atoms with Crippen LogP contribution in [0.1, 0.15) is 10.4 Å². The van der Waals surface area contributed by atoms with Crippen LogP contribution in [0, 0.1) is 15.9 Å². The van der Waals surface area contributed by atoms with Crippen LogP contribution in [0.5, 0.6) is 5.75 Å². The number of halogens is 1. The van der Waals surface area contributed by atoms with E-state index >= 15 is 0 Å². The lowest BCUT2D eigenvalue weighted by atomic mass is 10.1. The first kappa shape index (κ1) is 19.0. The average molecular weight is 403 g/mol. The Balaban J connectivity index is 1.76. The summed E-state index contributed by atoms with van der Waals surface area (Å²) in [6, 6.07) is 20.1. The molecule has 0 saturated heterocycles. The second-order valence-corrected chi connectivity index (χ2v) is 6.32. The third kappa shape index (κ3) is 3.93. The van der Waals surface area contributed by atoms with Crippen LogP contribution in [-0.2, 0) is 0 Å². The number of para-hydroxylation sites is 1. The molecule has 0 radical (unpaired) electrons. The van der Waals surface area contributed by atoms with E-state index in [0.29, 0.717) is 11.3 Å². The summed E-state index contributed by atoms with van der Waals surface area (Å²) < 4.78 is 20.3. The molecule has 3 aromatic carbocycles. The molecule has 0 atom stereocenters. The first-order valence-corrected chi connectivity index (χ1v) is 8.89. The summed E-state index contributed by atoms with van der Waals surface area (Å²) in [5, 5.41) is 15.4. The number of benzene rings is 3. The number of hydrogen-bond acceptors (Lipinski definition) is 5. The smallest absolute Gasteiger partial charge is 0.347 e. The Morgan fingerprint density at radius 1 is 1.00 bits per heavy atom. The zero-order valence-corrected chi connectivity index (χ0v) is 15.4. The molecule has 0 aliphatic rings. The Morgan fingerprint density at radius 2 is 1.73 bits per heavy atom. The van der Waals surface area contributed by atoms with Gasteiger partial charge in [0.1, 0.15) is 22.8 Å². The number of nitro groups is 1. The zero-order chi connectivity index (χ0) is 21.1. The molecule has 30 heavy (non-hydrogen) atoms. The van der Waals surface area contributed by atoms with Crippen molar-refractivity contribution in [1.29, 1.82) is 0 Å². The highest BCUT2D eigenvalue weighted by molar-refractivity contribution is 5.97. The van der Waals surface area contributed by atoms with Crippen molar-refractivity contribution in [2.75, 3.05) is 0 Å². The first-order chi connectivity index (χ1) is 14.5. The number of non-ortho nitro benzene ring substituents is 1. The summed E-state index contributed by atoms with van der Waals surface area (Å²) in [6.45, 7) is 0. The molecule has 0 unspecified atom stereocenters. The van der Waals surface area contributed by atoms with E-state index in [4.69, 9.17) is 4.74 Å². The fourth-order valence-corrected chi connectivity index (χ4v) is 2.88. The monoisotopic (exact) mass is 403 g/mol. The number of ether oxygens (including phenoxy) is 1. The van der Waals surface area contributed by atoms with Gasteiger partial charge in [-0.3, -0.25) is 10.1 Å². The number of nitrogens with zero attached hydrogens (tertiary/aromatic N) is 3. The number of aromatic nitrogens is 2.